The average molecular weight is 302 g/mol. The molecule has 5 heteroatoms. The van der Waals surface area contributed by atoms with Crippen LogP contribution >= 0.6 is 0 Å². The van der Waals surface area contributed by atoms with Crippen molar-refractivity contribution in [3.63, 3.8) is 0 Å². The summed E-state index contributed by atoms with van der Waals surface area (Å²) in [6.07, 6.45) is 0. The summed E-state index contributed by atoms with van der Waals surface area (Å²) in [5, 5.41) is 0. The van der Waals surface area contributed by atoms with Crippen LogP contribution in [0.4, 0.5) is 0 Å². The van der Waals surface area contributed by atoms with E-state index in [2.05, 4.69) is 0 Å². The molecule has 22 heavy (non-hydrogen) atoms. The van der Waals surface area contributed by atoms with E-state index in [1.165, 1.54) is 0 Å². The predicted molar refractivity (Wildman–Crippen MR) is 89.5 cm³/mol. The molecule has 1 aromatic carbocycles. The lowest BCUT2D eigenvalue weighted by Crippen LogP contribution is -2.32. The number of rotatable bonds is 4. The highest BCUT2D eigenvalue weighted by molar-refractivity contribution is 5.29. The largest absolute Gasteiger partial charge is 0.346 e. The monoisotopic (exact) mass is 302 g/mol. The normalized spacial score (nSPS) is 12.9. The molecule has 0 aliphatic rings. The van der Waals surface area contributed by atoms with Gasteiger partial charge in [0.25, 0.3) is 0 Å². The summed E-state index contributed by atoms with van der Waals surface area (Å²) in [4.78, 5) is 17.6. The minimum Gasteiger partial charge on any atom is -0.259 e. The molecule has 0 fully saturated rings. The van der Waals surface area contributed by atoms with E-state index in [-0.39, 0.29) is 23.8 Å². The number of hydrogen-bond donors (Lipinski definition) is 0. The lowest BCUT2D eigenvalue weighted by molar-refractivity contribution is 0.456. The van der Waals surface area contributed by atoms with Crippen molar-refractivity contribution in [1.29, 1.82) is 0 Å². The SMILES string of the molecule is CC(C)N=c1n(C(C)C)c(=O)n(C(C)C)n1-c1ccccc1. The average Bonchev–Trinajstić information content (AvgIpc) is 2.71. The van der Waals surface area contributed by atoms with Crippen molar-refractivity contribution in [3.05, 3.63) is 46.4 Å². The summed E-state index contributed by atoms with van der Waals surface area (Å²) < 4.78 is 5.48. The molecule has 0 unspecified atom stereocenters. The summed E-state index contributed by atoms with van der Waals surface area (Å²) in [5.41, 5.74) is 1.63. The molecule has 0 amide bonds. The third-order valence-corrected chi connectivity index (χ3v) is 3.40. The van der Waals surface area contributed by atoms with Gasteiger partial charge in [-0.1, -0.05) is 18.2 Å². The van der Waals surface area contributed by atoms with Gasteiger partial charge in [0.15, 0.2) is 0 Å². The van der Waals surface area contributed by atoms with E-state index in [1.54, 1.807) is 9.25 Å². The van der Waals surface area contributed by atoms with Crippen molar-refractivity contribution >= 4 is 0 Å². The van der Waals surface area contributed by atoms with E-state index in [0.717, 1.165) is 5.69 Å². The first kappa shape index (κ1) is 16.3. The Bertz CT molecular complexity index is 745. The van der Waals surface area contributed by atoms with Gasteiger partial charge in [0.05, 0.1) is 11.7 Å². The molecule has 0 spiro atoms. The minimum atomic E-state index is -0.0201. The van der Waals surface area contributed by atoms with Gasteiger partial charge in [-0.3, -0.25) is 4.57 Å². The molecule has 0 saturated carbocycles. The van der Waals surface area contributed by atoms with Gasteiger partial charge in [-0.05, 0) is 53.7 Å². The Morgan fingerprint density at radius 1 is 0.909 bits per heavy atom. The summed E-state index contributed by atoms with van der Waals surface area (Å²) >= 11 is 0. The summed E-state index contributed by atoms with van der Waals surface area (Å²) in [7, 11) is 0. The number of benzene rings is 1. The van der Waals surface area contributed by atoms with Crippen LogP contribution in [0.25, 0.3) is 5.69 Å². The fraction of sp³-hybridized carbons (Fsp3) is 0.529. The maximum absolute atomic E-state index is 12.9. The molecule has 2 rings (SSSR count). The van der Waals surface area contributed by atoms with Crippen LogP contribution in [-0.2, 0) is 0 Å². The molecule has 1 aromatic heterocycles. The molecule has 1 heterocycles. The topological polar surface area (TPSA) is 44.2 Å². The maximum Gasteiger partial charge on any atom is 0.346 e. The number of para-hydroxylation sites is 1. The zero-order valence-corrected chi connectivity index (χ0v) is 14.3. The second-order valence-corrected chi connectivity index (χ2v) is 6.35. The molecular formula is C17H26N4O. The van der Waals surface area contributed by atoms with Crippen molar-refractivity contribution in [2.75, 3.05) is 0 Å². The van der Waals surface area contributed by atoms with Gasteiger partial charge in [0, 0.05) is 12.1 Å². The quantitative estimate of drug-likeness (QED) is 0.856. The summed E-state index contributed by atoms with van der Waals surface area (Å²) in [6.45, 7) is 12.1. The first-order chi connectivity index (χ1) is 10.3. The van der Waals surface area contributed by atoms with Crippen LogP contribution in [-0.4, -0.2) is 20.0 Å². The zero-order chi connectivity index (χ0) is 16.4. The van der Waals surface area contributed by atoms with Gasteiger partial charge >= 0.3 is 5.69 Å². The highest BCUT2D eigenvalue weighted by atomic mass is 16.2. The molecule has 0 aliphatic heterocycles. The molecule has 0 atom stereocenters. The first-order valence-electron chi connectivity index (χ1n) is 7.90. The molecule has 0 saturated heterocycles. The third-order valence-electron chi connectivity index (χ3n) is 3.40. The second-order valence-electron chi connectivity index (χ2n) is 6.35. The van der Waals surface area contributed by atoms with Crippen molar-refractivity contribution in [2.24, 2.45) is 4.99 Å². The van der Waals surface area contributed by atoms with Crippen LogP contribution < -0.4 is 11.3 Å². The van der Waals surface area contributed by atoms with Gasteiger partial charge in [-0.25, -0.2) is 19.2 Å². The van der Waals surface area contributed by atoms with Crippen molar-refractivity contribution in [1.82, 2.24) is 13.9 Å². The van der Waals surface area contributed by atoms with Gasteiger partial charge in [-0.2, -0.15) is 0 Å². The summed E-state index contributed by atoms with van der Waals surface area (Å²) in [6, 6.07) is 10.1. The fourth-order valence-corrected chi connectivity index (χ4v) is 2.54. The molecule has 0 N–H and O–H groups in total. The molecular weight excluding hydrogens is 276 g/mol. The molecule has 5 nitrogen and oxygen atoms in total. The van der Waals surface area contributed by atoms with Crippen molar-refractivity contribution in [3.8, 4) is 5.69 Å². The Balaban J connectivity index is 2.97. The molecule has 0 radical (unpaired) electrons. The van der Waals surface area contributed by atoms with E-state index >= 15 is 0 Å². The van der Waals surface area contributed by atoms with Crippen LogP contribution in [0, 0.1) is 0 Å². The zero-order valence-electron chi connectivity index (χ0n) is 14.3. The summed E-state index contributed by atoms with van der Waals surface area (Å²) in [5.74, 6) is 0. The van der Waals surface area contributed by atoms with E-state index in [1.807, 2.05) is 76.6 Å². The Labute approximate surface area is 131 Å². The van der Waals surface area contributed by atoms with Crippen molar-refractivity contribution in [2.45, 2.75) is 59.7 Å². The molecule has 2 aromatic rings. The Kier molecular flexibility index (Phi) is 4.74. The Morgan fingerprint density at radius 2 is 1.50 bits per heavy atom. The number of hydrogen-bond acceptors (Lipinski definition) is 2. The third kappa shape index (κ3) is 2.93. The first-order valence-corrected chi connectivity index (χ1v) is 7.90. The maximum atomic E-state index is 12.9. The highest BCUT2D eigenvalue weighted by Crippen LogP contribution is 2.09. The lowest BCUT2D eigenvalue weighted by atomic mass is 10.3. The lowest BCUT2D eigenvalue weighted by Gasteiger charge is -2.13. The van der Waals surface area contributed by atoms with E-state index < -0.39 is 0 Å². The van der Waals surface area contributed by atoms with Gasteiger partial charge < -0.3 is 0 Å². The second kappa shape index (κ2) is 6.38. The van der Waals surface area contributed by atoms with Crippen molar-refractivity contribution < 1.29 is 0 Å². The predicted octanol–water partition coefficient (Wildman–Crippen LogP) is 2.91. The Hall–Kier alpha value is -2.04. The number of nitrogens with zero attached hydrogens (tertiary/aromatic N) is 4. The van der Waals surface area contributed by atoms with E-state index in [0.29, 0.717) is 5.62 Å². The number of aromatic nitrogens is 3. The van der Waals surface area contributed by atoms with E-state index in [9.17, 15) is 4.79 Å². The van der Waals surface area contributed by atoms with Gasteiger partial charge in [0.2, 0.25) is 5.62 Å². The molecule has 0 bridgehead atoms. The standard InChI is InChI=1S/C17H26N4O/c1-12(2)18-16-19(13(3)4)17(22)20(14(5)6)21(16)15-10-8-7-9-11-15/h7-14H,1-6H3. The van der Waals surface area contributed by atoms with Crippen LogP contribution in [0.2, 0.25) is 0 Å². The molecule has 120 valence electrons. The smallest absolute Gasteiger partial charge is 0.259 e. The van der Waals surface area contributed by atoms with Crippen LogP contribution in [0.3, 0.4) is 0 Å². The van der Waals surface area contributed by atoms with Crippen LogP contribution in [0.1, 0.15) is 53.6 Å². The highest BCUT2D eigenvalue weighted by Gasteiger charge is 2.19. The molecule has 0 aliphatic carbocycles. The Morgan fingerprint density at radius 3 is 1.95 bits per heavy atom. The van der Waals surface area contributed by atoms with Gasteiger partial charge in [0.1, 0.15) is 0 Å². The van der Waals surface area contributed by atoms with Crippen LogP contribution in [0.5, 0.6) is 0 Å². The van der Waals surface area contributed by atoms with Gasteiger partial charge in [-0.15, -0.1) is 0 Å². The van der Waals surface area contributed by atoms with E-state index in [4.69, 9.17) is 4.99 Å². The fourth-order valence-electron chi connectivity index (χ4n) is 2.54. The minimum absolute atomic E-state index is 0.0201. The van der Waals surface area contributed by atoms with Crippen LogP contribution in [0.15, 0.2) is 40.1 Å².